The molecular formula is C18H16F4O2S. The van der Waals surface area contributed by atoms with E-state index in [0.29, 0.717) is 17.1 Å². The lowest BCUT2D eigenvalue weighted by Gasteiger charge is -2.25. The standard InChI is InChI=1S/C18H16F4O2S/c19-10-1-2-11(20)9-12(4-3-10)24-14-5-6-15-16(17(14)18(21)22)13(23)7-8-25-15/h2-3,5-6,9,13,18,23H,1,4,7-8H2/b10-3+,11-2+,12-9+. The molecule has 25 heavy (non-hydrogen) atoms. The minimum absolute atomic E-state index is 0.0170. The first-order valence-electron chi connectivity index (χ1n) is 7.80. The van der Waals surface area contributed by atoms with Crippen molar-refractivity contribution in [3.8, 4) is 5.75 Å². The zero-order valence-corrected chi connectivity index (χ0v) is 14.0. The van der Waals surface area contributed by atoms with Crippen LogP contribution in [0.25, 0.3) is 0 Å². The summed E-state index contributed by atoms with van der Waals surface area (Å²) >= 11 is 1.39. The Morgan fingerprint density at radius 2 is 1.96 bits per heavy atom. The van der Waals surface area contributed by atoms with E-state index in [9.17, 15) is 22.7 Å². The van der Waals surface area contributed by atoms with Crippen LogP contribution in [0, 0.1) is 0 Å². The van der Waals surface area contributed by atoms with Crippen LogP contribution in [0.3, 0.4) is 0 Å². The third-order valence-corrected chi connectivity index (χ3v) is 5.07. The Bertz CT molecular complexity index is 756. The van der Waals surface area contributed by atoms with E-state index in [4.69, 9.17) is 4.74 Å². The molecule has 3 rings (SSSR count). The highest BCUT2D eigenvalue weighted by Gasteiger charge is 2.29. The molecule has 1 N–H and O–H groups in total. The van der Waals surface area contributed by atoms with Crippen molar-refractivity contribution in [3.63, 3.8) is 0 Å². The van der Waals surface area contributed by atoms with Gasteiger partial charge in [0.05, 0.1) is 11.7 Å². The molecular weight excluding hydrogens is 356 g/mol. The maximum Gasteiger partial charge on any atom is 0.267 e. The lowest BCUT2D eigenvalue weighted by molar-refractivity contribution is 0.129. The van der Waals surface area contributed by atoms with Gasteiger partial charge < -0.3 is 9.84 Å². The molecule has 1 unspecified atom stereocenters. The van der Waals surface area contributed by atoms with Crippen molar-refractivity contribution < 1.29 is 27.4 Å². The predicted molar refractivity (Wildman–Crippen MR) is 88.0 cm³/mol. The van der Waals surface area contributed by atoms with Crippen molar-refractivity contribution in [2.24, 2.45) is 0 Å². The molecule has 1 aliphatic heterocycles. The molecule has 2 aliphatic rings. The molecule has 1 aromatic carbocycles. The zero-order valence-electron chi connectivity index (χ0n) is 13.1. The van der Waals surface area contributed by atoms with Crippen molar-refractivity contribution in [3.05, 3.63) is 58.9 Å². The number of ether oxygens (including phenoxy) is 1. The average molecular weight is 372 g/mol. The van der Waals surface area contributed by atoms with Gasteiger partial charge in [-0.2, -0.15) is 0 Å². The van der Waals surface area contributed by atoms with Gasteiger partial charge in [-0.1, -0.05) is 0 Å². The Hall–Kier alpha value is -1.73. The summed E-state index contributed by atoms with van der Waals surface area (Å²) in [5.41, 5.74) is -0.234. The summed E-state index contributed by atoms with van der Waals surface area (Å²) in [6.07, 6.45) is -0.360. The van der Waals surface area contributed by atoms with Gasteiger partial charge in [-0.05, 0) is 30.7 Å². The van der Waals surface area contributed by atoms with Gasteiger partial charge in [0.2, 0.25) is 0 Å². The van der Waals surface area contributed by atoms with Gasteiger partial charge in [0, 0.05) is 35.1 Å². The summed E-state index contributed by atoms with van der Waals surface area (Å²) < 4.78 is 59.9. The van der Waals surface area contributed by atoms with Crippen molar-refractivity contribution >= 4 is 11.8 Å². The van der Waals surface area contributed by atoms with Gasteiger partial charge in [0.15, 0.2) is 0 Å². The highest BCUT2D eigenvalue weighted by molar-refractivity contribution is 7.99. The Morgan fingerprint density at radius 1 is 1.16 bits per heavy atom. The van der Waals surface area contributed by atoms with Crippen molar-refractivity contribution in [1.82, 2.24) is 0 Å². The number of aliphatic hydroxyl groups is 1. The number of halogens is 4. The molecule has 0 fully saturated rings. The molecule has 0 bridgehead atoms. The number of alkyl halides is 2. The summed E-state index contributed by atoms with van der Waals surface area (Å²) in [5.74, 6) is -0.698. The van der Waals surface area contributed by atoms with E-state index in [2.05, 4.69) is 0 Å². The van der Waals surface area contributed by atoms with E-state index >= 15 is 0 Å². The highest BCUT2D eigenvalue weighted by atomic mass is 32.2. The molecule has 0 saturated carbocycles. The minimum atomic E-state index is -2.86. The van der Waals surface area contributed by atoms with Crippen LogP contribution in [-0.2, 0) is 0 Å². The molecule has 1 heterocycles. The van der Waals surface area contributed by atoms with Gasteiger partial charge in [-0.3, -0.25) is 0 Å². The topological polar surface area (TPSA) is 29.5 Å². The normalized spacial score (nSPS) is 27.1. The highest BCUT2D eigenvalue weighted by Crippen LogP contribution is 2.45. The van der Waals surface area contributed by atoms with E-state index in [0.717, 1.165) is 12.2 Å². The second-order valence-electron chi connectivity index (χ2n) is 5.70. The summed E-state index contributed by atoms with van der Waals surface area (Å²) in [4.78, 5) is 0.588. The molecule has 1 aliphatic carbocycles. The van der Waals surface area contributed by atoms with Gasteiger partial charge >= 0.3 is 0 Å². The number of benzene rings is 1. The van der Waals surface area contributed by atoms with Crippen LogP contribution in [0.15, 0.2) is 52.7 Å². The lowest BCUT2D eigenvalue weighted by Crippen LogP contribution is -2.12. The second kappa shape index (κ2) is 7.66. The van der Waals surface area contributed by atoms with Gasteiger partial charge in [0.25, 0.3) is 6.43 Å². The van der Waals surface area contributed by atoms with Crippen molar-refractivity contribution in [2.75, 3.05) is 5.75 Å². The van der Waals surface area contributed by atoms with Crippen LogP contribution in [0.4, 0.5) is 17.6 Å². The second-order valence-corrected chi connectivity index (χ2v) is 6.84. The van der Waals surface area contributed by atoms with Crippen LogP contribution in [0.5, 0.6) is 5.75 Å². The van der Waals surface area contributed by atoms with Gasteiger partial charge in [0.1, 0.15) is 23.2 Å². The molecule has 0 spiro atoms. The van der Waals surface area contributed by atoms with Crippen LogP contribution < -0.4 is 4.74 Å². The number of fused-ring (bicyclic) bond motifs is 1. The molecule has 0 amide bonds. The fourth-order valence-electron chi connectivity index (χ4n) is 2.78. The maximum absolute atomic E-state index is 13.7. The Morgan fingerprint density at radius 3 is 2.72 bits per heavy atom. The Kier molecular flexibility index (Phi) is 5.54. The number of rotatable bonds is 3. The Labute approximate surface area is 146 Å². The smallest absolute Gasteiger partial charge is 0.267 e. The quantitative estimate of drug-likeness (QED) is 0.668. The first-order valence-corrected chi connectivity index (χ1v) is 8.78. The molecule has 2 nitrogen and oxygen atoms in total. The van der Waals surface area contributed by atoms with Crippen molar-refractivity contribution in [2.45, 2.75) is 36.7 Å². The summed E-state index contributed by atoms with van der Waals surface area (Å²) in [7, 11) is 0. The van der Waals surface area contributed by atoms with E-state index in [1.165, 1.54) is 23.9 Å². The number of hydrogen-bond acceptors (Lipinski definition) is 3. The van der Waals surface area contributed by atoms with Crippen LogP contribution >= 0.6 is 11.8 Å². The van der Waals surface area contributed by atoms with Crippen LogP contribution in [0.1, 0.15) is 42.9 Å². The molecule has 0 aromatic heterocycles. The van der Waals surface area contributed by atoms with E-state index in [1.807, 2.05) is 0 Å². The zero-order chi connectivity index (χ0) is 18.0. The minimum Gasteiger partial charge on any atom is -0.461 e. The number of allylic oxidation sites excluding steroid dienone is 5. The van der Waals surface area contributed by atoms with Crippen LogP contribution in [0.2, 0.25) is 0 Å². The van der Waals surface area contributed by atoms with Crippen molar-refractivity contribution in [1.29, 1.82) is 0 Å². The average Bonchev–Trinajstić information content (AvgIpc) is 2.56. The molecule has 134 valence electrons. The molecule has 0 saturated heterocycles. The maximum atomic E-state index is 13.7. The third-order valence-electron chi connectivity index (χ3n) is 3.96. The van der Waals surface area contributed by atoms with E-state index < -0.39 is 29.7 Å². The predicted octanol–water partition coefficient (Wildman–Crippen LogP) is 5.92. The fraction of sp³-hybridized carbons (Fsp3) is 0.333. The SMILES string of the molecule is OC1CCSc2ccc(O/C3=C/C(F)=C\C/C(F)=C\C3)c(C(F)F)c21. The summed E-state index contributed by atoms with van der Waals surface area (Å²) in [5, 5.41) is 10.1. The molecule has 1 aromatic rings. The van der Waals surface area contributed by atoms with E-state index in [1.54, 1.807) is 6.07 Å². The fourth-order valence-corrected chi connectivity index (χ4v) is 3.91. The summed E-state index contributed by atoms with van der Waals surface area (Å²) in [6, 6.07) is 2.99. The van der Waals surface area contributed by atoms with E-state index in [-0.39, 0.29) is 29.9 Å². The van der Waals surface area contributed by atoms with Gasteiger partial charge in [-0.25, -0.2) is 17.6 Å². The van der Waals surface area contributed by atoms with Gasteiger partial charge in [-0.15, -0.1) is 11.8 Å². The number of aliphatic hydroxyl groups excluding tert-OH is 1. The molecule has 7 heteroatoms. The Balaban J connectivity index is 2.00. The molecule has 0 radical (unpaired) electrons. The third kappa shape index (κ3) is 4.10. The molecule has 1 atom stereocenters. The lowest BCUT2D eigenvalue weighted by atomic mass is 9.99. The number of thioether (sulfide) groups is 1. The van der Waals surface area contributed by atoms with Crippen LogP contribution in [-0.4, -0.2) is 10.9 Å². The summed E-state index contributed by atoms with van der Waals surface area (Å²) in [6.45, 7) is 0. The largest absolute Gasteiger partial charge is 0.461 e. The first kappa shape index (κ1) is 18.1. The monoisotopic (exact) mass is 372 g/mol. The number of hydrogen-bond donors (Lipinski definition) is 1. The first-order chi connectivity index (χ1) is 12.0.